The lowest BCUT2D eigenvalue weighted by atomic mass is 10.1. The summed E-state index contributed by atoms with van der Waals surface area (Å²) < 4.78 is 53.1. The molecule has 44 heavy (non-hydrogen) atoms. The predicted octanol–water partition coefficient (Wildman–Crippen LogP) is 4.50. The first-order chi connectivity index (χ1) is 21.0. The van der Waals surface area contributed by atoms with Crippen molar-refractivity contribution in [1.82, 2.24) is 25.3 Å². The van der Waals surface area contributed by atoms with Crippen molar-refractivity contribution in [1.29, 1.82) is 0 Å². The molecule has 2 aromatic heterocycles. The number of benzene rings is 2. The van der Waals surface area contributed by atoms with Gasteiger partial charge in [-0.05, 0) is 48.0 Å². The highest BCUT2D eigenvalue weighted by atomic mass is 35.5. The Kier molecular flexibility index (Phi) is 8.90. The molecule has 10 nitrogen and oxygen atoms in total. The molecule has 1 aliphatic heterocycles. The van der Waals surface area contributed by atoms with Crippen LogP contribution in [0, 0.1) is 5.82 Å². The molecule has 3 heterocycles. The topological polar surface area (TPSA) is 124 Å². The van der Waals surface area contributed by atoms with E-state index in [4.69, 9.17) is 11.6 Å². The molecule has 1 unspecified atom stereocenters. The monoisotopic (exact) mass is 629 g/mol. The number of nitrogens with zero attached hydrogens (tertiary/aromatic N) is 6. The molecule has 1 fully saturated rings. The summed E-state index contributed by atoms with van der Waals surface area (Å²) in [4.78, 5) is 45.3. The van der Waals surface area contributed by atoms with Crippen LogP contribution in [-0.4, -0.2) is 69.1 Å². The summed E-state index contributed by atoms with van der Waals surface area (Å²) in [6, 6.07) is 12.8. The minimum Gasteiger partial charge on any atom is -0.480 e. The van der Waals surface area contributed by atoms with Gasteiger partial charge in [0.25, 0.3) is 5.91 Å². The molecule has 0 saturated carbocycles. The van der Waals surface area contributed by atoms with E-state index in [0.29, 0.717) is 22.0 Å². The number of hydrogen-bond donors (Lipinski definition) is 2. The first-order valence-electron chi connectivity index (χ1n) is 13.3. The summed E-state index contributed by atoms with van der Waals surface area (Å²) in [6.45, 7) is 1.07. The van der Waals surface area contributed by atoms with Gasteiger partial charge < -0.3 is 20.2 Å². The number of halogens is 5. The normalized spacial score (nSPS) is 14.3. The maximum absolute atomic E-state index is 13.6. The number of amides is 1. The number of rotatable bonds is 8. The van der Waals surface area contributed by atoms with Crippen LogP contribution in [0.1, 0.15) is 21.7 Å². The average molecular weight is 630 g/mol. The Bertz CT molecular complexity index is 1650. The lowest BCUT2D eigenvalue weighted by Gasteiger charge is -2.35. The van der Waals surface area contributed by atoms with Crippen LogP contribution in [0.25, 0.3) is 11.4 Å². The Morgan fingerprint density at radius 1 is 0.932 bits per heavy atom. The Labute approximate surface area is 253 Å². The summed E-state index contributed by atoms with van der Waals surface area (Å²) in [5.41, 5.74) is -0.120. The van der Waals surface area contributed by atoms with Gasteiger partial charge in [0.1, 0.15) is 29.1 Å². The molecule has 1 saturated heterocycles. The third kappa shape index (κ3) is 7.37. The van der Waals surface area contributed by atoms with Crippen molar-refractivity contribution in [3.05, 3.63) is 94.7 Å². The van der Waals surface area contributed by atoms with E-state index >= 15 is 0 Å². The molecule has 0 aliphatic carbocycles. The zero-order valence-electron chi connectivity index (χ0n) is 22.8. The molecule has 4 aromatic rings. The van der Waals surface area contributed by atoms with Gasteiger partial charge in [0.15, 0.2) is 5.82 Å². The number of carbonyl (C=O) groups excluding carboxylic acids is 1. The first-order valence-corrected chi connectivity index (χ1v) is 13.7. The number of nitrogens with one attached hydrogen (secondary N) is 1. The van der Waals surface area contributed by atoms with Crippen molar-refractivity contribution in [2.75, 3.05) is 36.0 Å². The molecule has 15 heteroatoms. The second-order valence-corrected chi connectivity index (χ2v) is 10.3. The number of hydrogen-bond acceptors (Lipinski definition) is 8. The van der Waals surface area contributed by atoms with Crippen LogP contribution in [0.15, 0.2) is 66.9 Å². The van der Waals surface area contributed by atoms with Crippen molar-refractivity contribution in [3.8, 4) is 11.4 Å². The van der Waals surface area contributed by atoms with Crippen molar-refractivity contribution < 1.29 is 32.3 Å². The van der Waals surface area contributed by atoms with Gasteiger partial charge >= 0.3 is 12.1 Å². The van der Waals surface area contributed by atoms with E-state index in [0.717, 1.165) is 12.3 Å². The molecular formula is C29H24ClF4N7O3. The molecule has 2 N–H and O–H groups in total. The van der Waals surface area contributed by atoms with Crippen molar-refractivity contribution in [2.24, 2.45) is 0 Å². The number of carboxylic acids is 1. The van der Waals surface area contributed by atoms with E-state index in [-0.39, 0.29) is 50.1 Å². The average Bonchev–Trinajstić information content (AvgIpc) is 3.01. The molecule has 0 bridgehead atoms. The smallest absolute Gasteiger partial charge is 0.433 e. The molecule has 1 aliphatic rings. The molecule has 5 rings (SSSR count). The fraction of sp³-hybridized carbons (Fsp3) is 0.241. The third-order valence-corrected chi connectivity index (χ3v) is 7.08. The number of aliphatic carboxylic acids is 1. The van der Waals surface area contributed by atoms with Gasteiger partial charge in [0.05, 0.1) is 0 Å². The molecule has 0 spiro atoms. The van der Waals surface area contributed by atoms with E-state index in [9.17, 15) is 32.3 Å². The van der Waals surface area contributed by atoms with E-state index in [1.807, 2.05) is 0 Å². The van der Waals surface area contributed by atoms with Crippen LogP contribution < -0.4 is 15.1 Å². The Morgan fingerprint density at radius 3 is 2.23 bits per heavy atom. The van der Waals surface area contributed by atoms with Gasteiger partial charge in [-0.1, -0.05) is 23.7 Å². The first kappa shape index (κ1) is 30.6. The Balaban J connectivity index is 1.39. The van der Waals surface area contributed by atoms with Crippen molar-refractivity contribution in [2.45, 2.75) is 18.6 Å². The van der Waals surface area contributed by atoms with Gasteiger partial charge in [-0.25, -0.2) is 29.1 Å². The van der Waals surface area contributed by atoms with Gasteiger partial charge in [0, 0.05) is 55.4 Å². The maximum Gasteiger partial charge on any atom is 0.433 e. The molecule has 1 atom stereocenters. The molecular weight excluding hydrogens is 606 g/mol. The molecule has 0 radical (unpaired) electrons. The number of anilines is 2. The second kappa shape index (κ2) is 12.8. The van der Waals surface area contributed by atoms with Gasteiger partial charge in [-0.3, -0.25) is 4.79 Å². The fourth-order valence-corrected chi connectivity index (χ4v) is 4.65. The number of carboxylic acid groups (broad SMARTS) is 1. The van der Waals surface area contributed by atoms with Crippen LogP contribution in [0.4, 0.5) is 29.3 Å². The van der Waals surface area contributed by atoms with Crippen LogP contribution in [0.2, 0.25) is 5.02 Å². The molecule has 228 valence electrons. The number of aromatic nitrogens is 4. The molecule has 2 aromatic carbocycles. The zero-order valence-corrected chi connectivity index (χ0v) is 23.6. The second-order valence-electron chi connectivity index (χ2n) is 9.85. The quantitative estimate of drug-likeness (QED) is 0.271. The lowest BCUT2D eigenvalue weighted by Crippen LogP contribution is -2.47. The summed E-state index contributed by atoms with van der Waals surface area (Å²) in [7, 11) is 0. The highest BCUT2D eigenvalue weighted by Gasteiger charge is 2.34. The minimum atomic E-state index is -4.61. The van der Waals surface area contributed by atoms with Crippen LogP contribution in [-0.2, 0) is 17.4 Å². The summed E-state index contributed by atoms with van der Waals surface area (Å²) >= 11 is 5.91. The lowest BCUT2D eigenvalue weighted by molar-refractivity contribution is -0.141. The Hall–Kier alpha value is -4.85. The largest absolute Gasteiger partial charge is 0.480 e. The minimum absolute atomic E-state index is 0.0133. The predicted molar refractivity (Wildman–Crippen MR) is 153 cm³/mol. The summed E-state index contributed by atoms with van der Waals surface area (Å²) in [6.07, 6.45) is -3.57. The highest BCUT2D eigenvalue weighted by molar-refractivity contribution is 6.30. The number of carbonyl (C=O) groups is 2. The maximum atomic E-state index is 13.6. The van der Waals surface area contributed by atoms with E-state index in [1.165, 1.54) is 30.3 Å². The van der Waals surface area contributed by atoms with E-state index in [2.05, 4.69) is 25.3 Å². The third-order valence-electron chi connectivity index (χ3n) is 6.82. The van der Waals surface area contributed by atoms with Gasteiger partial charge in [-0.15, -0.1) is 0 Å². The van der Waals surface area contributed by atoms with Crippen LogP contribution in [0.3, 0.4) is 0 Å². The summed E-state index contributed by atoms with van der Waals surface area (Å²) in [5.74, 6) is -2.15. The summed E-state index contributed by atoms with van der Waals surface area (Å²) in [5, 5.41) is 12.8. The highest BCUT2D eigenvalue weighted by Crippen LogP contribution is 2.29. The van der Waals surface area contributed by atoms with Gasteiger partial charge in [0.2, 0.25) is 5.95 Å². The SMILES string of the molecule is O=C(NC(Cc1ccc(Cl)cc1)C(=O)O)c1cc(N2CCN(c3nccc(C(F)(F)F)n3)CC2)nc(-c2ccc(F)cc2)n1. The number of alkyl halides is 3. The van der Waals surface area contributed by atoms with Crippen LogP contribution >= 0.6 is 11.6 Å². The standard InChI is InChI=1S/C29H24ClF4N7O3/c30-19-5-1-17(2-6-19)15-22(27(43)44)37-26(42)21-16-24(39-25(36-21)18-3-7-20(31)8-4-18)40-11-13-41(14-12-40)28-35-10-9-23(38-28)29(32,33)34/h1-10,16,22H,11-15H2,(H,37,42)(H,43,44). The zero-order chi connectivity index (χ0) is 31.4. The fourth-order valence-electron chi connectivity index (χ4n) is 4.52. The van der Waals surface area contributed by atoms with Gasteiger partial charge in [-0.2, -0.15) is 13.2 Å². The van der Waals surface area contributed by atoms with Crippen molar-refractivity contribution >= 4 is 35.2 Å². The van der Waals surface area contributed by atoms with E-state index in [1.54, 1.807) is 34.1 Å². The number of piperazine rings is 1. The van der Waals surface area contributed by atoms with Crippen LogP contribution in [0.5, 0.6) is 0 Å². The Morgan fingerprint density at radius 2 is 1.59 bits per heavy atom. The van der Waals surface area contributed by atoms with Crippen molar-refractivity contribution in [3.63, 3.8) is 0 Å². The van der Waals surface area contributed by atoms with E-state index < -0.39 is 35.6 Å². The molecule has 1 amide bonds.